The first kappa shape index (κ1) is 21.4. The number of benzene rings is 3. The van der Waals surface area contributed by atoms with Gasteiger partial charge in [0.15, 0.2) is 0 Å². The molecule has 0 aromatic heterocycles. The van der Waals surface area contributed by atoms with Crippen molar-refractivity contribution in [2.24, 2.45) is 5.92 Å². The van der Waals surface area contributed by atoms with Crippen LogP contribution in [0, 0.1) is 5.92 Å². The van der Waals surface area contributed by atoms with E-state index in [4.69, 9.17) is 0 Å². The number of rotatable bonds is 7. The summed E-state index contributed by atoms with van der Waals surface area (Å²) in [6.07, 6.45) is 0. The van der Waals surface area contributed by atoms with Crippen LogP contribution in [0.1, 0.15) is 22.6 Å². The molecule has 0 N–H and O–H groups in total. The van der Waals surface area contributed by atoms with E-state index in [0.717, 1.165) is 19.6 Å². The summed E-state index contributed by atoms with van der Waals surface area (Å²) < 4.78 is 0. The first-order valence-electron chi connectivity index (χ1n) is 12.1. The van der Waals surface area contributed by atoms with E-state index in [0.29, 0.717) is 11.8 Å². The molecule has 0 aliphatic carbocycles. The molecule has 2 saturated heterocycles. The summed E-state index contributed by atoms with van der Waals surface area (Å²) in [5.74, 6) is 1.32. The Bertz CT molecular complexity index is 936. The Balaban J connectivity index is 1.20. The molecule has 3 aromatic carbocycles. The molecule has 3 aromatic rings. The van der Waals surface area contributed by atoms with Crippen LogP contribution in [0.4, 0.5) is 0 Å². The van der Waals surface area contributed by atoms with Crippen LogP contribution in [0.15, 0.2) is 91.0 Å². The number of piperazine rings is 1. The van der Waals surface area contributed by atoms with Gasteiger partial charge in [0.2, 0.25) is 0 Å². The van der Waals surface area contributed by atoms with Gasteiger partial charge in [0, 0.05) is 64.8 Å². The molecule has 0 spiro atoms. The van der Waals surface area contributed by atoms with Gasteiger partial charge in [-0.25, -0.2) is 0 Å². The van der Waals surface area contributed by atoms with Crippen molar-refractivity contribution in [2.75, 3.05) is 45.8 Å². The Morgan fingerprint density at radius 1 is 0.531 bits per heavy atom. The van der Waals surface area contributed by atoms with Crippen molar-refractivity contribution in [3.8, 4) is 0 Å². The summed E-state index contributed by atoms with van der Waals surface area (Å²) in [6, 6.07) is 33.1. The smallest absolute Gasteiger partial charge is 0.0234 e. The van der Waals surface area contributed by atoms with Crippen molar-refractivity contribution >= 4 is 0 Å². The van der Waals surface area contributed by atoms with E-state index in [1.807, 2.05) is 0 Å². The monoisotopic (exact) mass is 425 g/mol. The maximum absolute atomic E-state index is 2.72. The number of hydrogen-bond acceptors (Lipinski definition) is 3. The average molecular weight is 426 g/mol. The van der Waals surface area contributed by atoms with Gasteiger partial charge >= 0.3 is 0 Å². The summed E-state index contributed by atoms with van der Waals surface area (Å²) in [5, 5.41) is 0. The largest absolute Gasteiger partial charge is 0.300 e. The van der Waals surface area contributed by atoms with E-state index in [2.05, 4.69) is 106 Å². The third kappa shape index (κ3) is 5.47. The molecule has 3 nitrogen and oxygen atoms in total. The molecule has 2 heterocycles. The third-order valence-corrected chi connectivity index (χ3v) is 7.20. The molecule has 2 aliphatic heterocycles. The molecule has 2 aliphatic rings. The van der Waals surface area contributed by atoms with Crippen LogP contribution < -0.4 is 0 Å². The van der Waals surface area contributed by atoms with Crippen molar-refractivity contribution in [2.45, 2.75) is 19.0 Å². The van der Waals surface area contributed by atoms with Crippen LogP contribution in [-0.4, -0.2) is 60.5 Å². The van der Waals surface area contributed by atoms with Gasteiger partial charge < -0.3 is 4.90 Å². The number of nitrogens with zero attached hydrogens (tertiary/aromatic N) is 3. The van der Waals surface area contributed by atoms with Crippen molar-refractivity contribution in [3.05, 3.63) is 108 Å². The van der Waals surface area contributed by atoms with Crippen molar-refractivity contribution in [1.29, 1.82) is 0 Å². The maximum Gasteiger partial charge on any atom is 0.0234 e. The molecule has 0 bridgehead atoms. The highest BCUT2D eigenvalue weighted by Crippen LogP contribution is 2.34. The lowest BCUT2D eigenvalue weighted by atomic mass is 9.88. The highest BCUT2D eigenvalue weighted by atomic mass is 15.3. The fourth-order valence-electron chi connectivity index (χ4n) is 5.50. The summed E-state index contributed by atoms with van der Waals surface area (Å²) >= 11 is 0. The van der Waals surface area contributed by atoms with Gasteiger partial charge in [0.1, 0.15) is 0 Å². The van der Waals surface area contributed by atoms with Crippen molar-refractivity contribution in [1.82, 2.24) is 14.7 Å². The molecule has 2 atom stereocenters. The average Bonchev–Trinajstić information content (AvgIpc) is 3.24. The van der Waals surface area contributed by atoms with Gasteiger partial charge in [0.05, 0.1) is 0 Å². The predicted octanol–water partition coefficient (Wildman–Crippen LogP) is 4.72. The molecular formula is C29H35N3. The van der Waals surface area contributed by atoms with Gasteiger partial charge in [-0.05, 0) is 22.6 Å². The second-order valence-electron chi connectivity index (χ2n) is 9.52. The Kier molecular flexibility index (Phi) is 6.98. The van der Waals surface area contributed by atoms with Crippen LogP contribution in [-0.2, 0) is 13.1 Å². The van der Waals surface area contributed by atoms with Crippen LogP contribution in [0.5, 0.6) is 0 Å². The second-order valence-corrected chi connectivity index (χ2v) is 9.52. The summed E-state index contributed by atoms with van der Waals surface area (Å²) in [5.41, 5.74) is 4.36. The fourth-order valence-corrected chi connectivity index (χ4v) is 5.50. The Labute approximate surface area is 193 Å². The van der Waals surface area contributed by atoms with E-state index < -0.39 is 0 Å². The quantitative estimate of drug-likeness (QED) is 0.542. The maximum atomic E-state index is 2.72. The van der Waals surface area contributed by atoms with Gasteiger partial charge in [-0.1, -0.05) is 91.0 Å². The lowest BCUT2D eigenvalue weighted by Gasteiger charge is -2.36. The first-order valence-corrected chi connectivity index (χ1v) is 12.1. The van der Waals surface area contributed by atoms with Crippen molar-refractivity contribution in [3.63, 3.8) is 0 Å². The molecule has 32 heavy (non-hydrogen) atoms. The van der Waals surface area contributed by atoms with Crippen LogP contribution >= 0.6 is 0 Å². The Morgan fingerprint density at radius 3 is 1.62 bits per heavy atom. The van der Waals surface area contributed by atoms with Gasteiger partial charge in [-0.15, -0.1) is 0 Å². The Hall–Kier alpha value is -2.46. The molecule has 0 amide bonds. The fraction of sp³-hybridized carbons (Fsp3) is 0.379. The van der Waals surface area contributed by atoms with E-state index in [-0.39, 0.29) is 0 Å². The van der Waals surface area contributed by atoms with Crippen LogP contribution in [0.3, 0.4) is 0 Å². The van der Waals surface area contributed by atoms with Gasteiger partial charge in [-0.3, -0.25) is 9.80 Å². The predicted molar refractivity (Wildman–Crippen MR) is 133 cm³/mol. The minimum atomic E-state index is 0.627. The third-order valence-electron chi connectivity index (χ3n) is 7.20. The van der Waals surface area contributed by atoms with Crippen LogP contribution in [0.25, 0.3) is 0 Å². The summed E-state index contributed by atoms with van der Waals surface area (Å²) in [6.45, 7) is 10.4. The standard InChI is InChI=1S/C29H35N3/c1-4-10-25(11-5-1)20-30-16-18-31(19-17-30)22-28-23-32(21-26-12-6-2-7-13-26)24-29(28)27-14-8-3-9-15-27/h1-15,28-29H,16-24H2. The van der Waals surface area contributed by atoms with Gasteiger partial charge in [-0.2, -0.15) is 0 Å². The summed E-state index contributed by atoms with van der Waals surface area (Å²) in [7, 11) is 0. The molecule has 166 valence electrons. The molecule has 2 fully saturated rings. The van der Waals surface area contributed by atoms with Gasteiger partial charge in [0.25, 0.3) is 0 Å². The van der Waals surface area contributed by atoms with E-state index >= 15 is 0 Å². The first-order chi connectivity index (χ1) is 15.8. The highest BCUT2D eigenvalue weighted by Gasteiger charge is 2.35. The van der Waals surface area contributed by atoms with E-state index in [9.17, 15) is 0 Å². The zero-order valence-electron chi connectivity index (χ0n) is 19.0. The second kappa shape index (κ2) is 10.4. The molecule has 3 heteroatoms. The molecule has 5 rings (SSSR count). The minimum Gasteiger partial charge on any atom is -0.300 e. The molecule has 0 radical (unpaired) electrons. The van der Waals surface area contributed by atoms with E-state index in [1.54, 1.807) is 0 Å². The SMILES string of the molecule is c1ccc(CN2CCN(CC3CN(Cc4ccccc4)CC3c3ccccc3)CC2)cc1. The molecule has 0 saturated carbocycles. The number of hydrogen-bond donors (Lipinski definition) is 0. The summed E-state index contributed by atoms with van der Waals surface area (Å²) in [4.78, 5) is 7.99. The molecular weight excluding hydrogens is 390 g/mol. The normalized spacial score (nSPS) is 22.9. The minimum absolute atomic E-state index is 0.627. The Morgan fingerprint density at radius 2 is 1.03 bits per heavy atom. The zero-order chi connectivity index (χ0) is 21.6. The van der Waals surface area contributed by atoms with Crippen LogP contribution in [0.2, 0.25) is 0 Å². The topological polar surface area (TPSA) is 9.72 Å². The number of likely N-dealkylation sites (tertiary alicyclic amines) is 1. The highest BCUT2D eigenvalue weighted by molar-refractivity contribution is 5.23. The van der Waals surface area contributed by atoms with Crippen molar-refractivity contribution < 1.29 is 0 Å². The lowest BCUT2D eigenvalue weighted by molar-refractivity contribution is 0.111. The lowest BCUT2D eigenvalue weighted by Crippen LogP contribution is -2.47. The van der Waals surface area contributed by atoms with E-state index in [1.165, 1.54) is 56.0 Å². The zero-order valence-corrected chi connectivity index (χ0v) is 19.0. The molecule has 2 unspecified atom stereocenters.